The monoisotopic (exact) mass is 392 g/mol. The first kappa shape index (κ1) is 18.3. The van der Waals surface area contributed by atoms with Crippen LogP contribution in [0.5, 0.6) is 11.5 Å². The predicted octanol–water partition coefficient (Wildman–Crippen LogP) is 4.56. The number of benzene rings is 1. The van der Waals surface area contributed by atoms with Gasteiger partial charge < -0.3 is 19.2 Å². The van der Waals surface area contributed by atoms with Crippen LogP contribution in [-0.4, -0.2) is 25.1 Å². The first-order valence-corrected chi connectivity index (χ1v) is 8.99. The van der Waals surface area contributed by atoms with Gasteiger partial charge in [-0.05, 0) is 18.4 Å². The van der Waals surface area contributed by atoms with E-state index in [4.69, 9.17) is 25.5 Å². The van der Waals surface area contributed by atoms with Crippen LogP contribution in [0.1, 0.15) is 11.5 Å². The topological polar surface area (TPSA) is 73.6 Å². The fourth-order valence-electron chi connectivity index (χ4n) is 2.40. The summed E-state index contributed by atoms with van der Waals surface area (Å²) in [5.74, 6) is 1.78. The van der Waals surface area contributed by atoms with Crippen molar-refractivity contribution in [1.82, 2.24) is 4.98 Å². The third kappa shape index (κ3) is 3.84. The summed E-state index contributed by atoms with van der Waals surface area (Å²) in [6, 6.07) is 7.05. The summed E-state index contributed by atoms with van der Waals surface area (Å²) in [7, 11) is 3.01. The number of hydrogen-bond donors (Lipinski definition) is 1. The van der Waals surface area contributed by atoms with Crippen LogP contribution in [-0.2, 0) is 11.2 Å². The number of anilines is 1. The fourth-order valence-corrected chi connectivity index (χ4v) is 3.28. The molecule has 2 heterocycles. The van der Waals surface area contributed by atoms with Crippen molar-refractivity contribution < 1.29 is 18.7 Å². The van der Waals surface area contributed by atoms with E-state index in [1.165, 1.54) is 25.6 Å². The van der Waals surface area contributed by atoms with Crippen LogP contribution < -0.4 is 14.8 Å². The molecule has 0 saturated carbocycles. The summed E-state index contributed by atoms with van der Waals surface area (Å²) in [5, 5.41) is 5.15. The van der Waals surface area contributed by atoms with Crippen molar-refractivity contribution >= 4 is 34.5 Å². The van der Waals surface area contributed by atoms with Gasteiger partial charge in [0.05, 0.1) is 41.9 Å². The molecule has 0 aliphatic heterocycles. The lowest BCUT2D eigenvalue weighted by Crippen LogP contribution is -2.16. The van der Waals surface area contributed by atoms with Crippen LogP contribution in [0.3, 0.4) is 0 Å². The minimum absolute atomic E-state index is 0.0782. The molecule has 0 radical (unpaired) electrons. The number of nitrogens with zero attached hydrogens (tertiary/aromatic N) is 1. The molecule has 2 aromatic heterocycles. The molecule has 0 fully saturated rings. The molecular formula is C18H17ClN2O4S. The second-order valence-corrected chi connectivity index (χ2v) is 6.77. The molecule has 8 heteroatoms. The normalized spacial score (nSPS) is 10.6. The molecule has 0 bridgehead atoms. The standard InChI is InChI=1S/C18H17ClN2O4S/c1-10-12(21-18(25-10)16-5-4-6-26-16)9-17(22)20-13-8-14(23-2)11(19)7-15(13)24-3/h4-8H,9H2,1-3H3,(H,20,22). The van der Waals surface area contributed by atoms with Crippen molar-refractivity contribution in [3.63, 3.8) is 0 Å². The van der Waals surface area contributed by atoms with E-state index in [0.29, 0.717) is 39.6 Å². The Hall–Kier alpha value is -2.51. The summed E-state index contributed by atoms with van der Waals surface area (Å²) in [6.07, 6.45) is 0.0782. The van der Waals surface area contributed by atoms with Gasteiger partial charge >= 0.3 is 0 Å². The van der Waals surface area contributed by atoms with Gasteiger partial charge in [-0.25, -0.2) is 4.98 Å². The molecule has 0 unspecified atom stereocenters. The van der Waals surface area contributed by atoms with Gasteiger partial charge in [-0.3, -0.25) is 4.79 Å². The zero-order chi connectivity index (χ0) is 18.7. The van der Waals surface area contributed by atoms with E-state index >= 15 is 0 Å². The quantitative estimate of drug-likeness (QED) is 0.665. The lowest BCUT2D eigenvalue weighted by Gasteiger charge is -2.12. The number of rotatable bonds is 6. The van der Waals surface area contributed by atoms with E-state index in [1.807, 2.05) is 17.5 Å². The van der Waals surface area contributed by atoms with Crippen molar-refractivity contribution in [3.05, 3.63) is 46.1 Å². The predicted molar refractivity (Wildman–Crippen MR) is 101 cm³/mol. The molecule has 1 amide bonds. The Morgan fingerprint density at radius 1 is 1.31 bits per heavy atom. The second-order valence-electron chi connectivity index (χ2n) is 5.41. The Balaban J connectivity index is 1.77. The Labute approximate surface area is 159 Å². The number of methoxy groups -OCH3 is 2. The largest absolute Gasteiger partial charge is 0.495 e. The van der Waals surface area contributed by atoms with Crippen LogP contribution in [0.2, 0.25) is 5.02 Å². The molecule has 3 rings (SSSR count). The molecule has 0 atom stereocenters. The molecule has 1 aromatic carbocycles. The second kappa shape index (κ2) is 7.80. The van der Waals surface area contributed by atoms with Gasteiger partial charge in [-0.2, -0.15) is 0 Å². The fraction of sp³-hybridized carbons (Fsp3) is 0.222. The maximum atomic E-state index is 12.5. The third-order valence-corrected chi connectivity index (χ3v) is 4.85. The summed E-state index contributed by atoms with van der Waals surface area (Å²) in [5.41, 5.74) is 1.06. The number of amides is 1. The van der Waals surface area contributed by atoms with Crippen LogP contribution >= 0.6 is 22.9 Å². The highest BCUT2D eigenvalue weighted by molar-refractivity contribution is 7.13. The van der Waals surface area contributed by atoms with Crippen molar-refractivity contribution in [2.75, 3.05) is 19.5 Å². The van der Waals surface area contributed by atoms with Crippen molar-refractivity contribution in [1.29, 1.82) is 0 Å². The lowest BCUT2D eigenvalue weighted by molar-refractivity contribution is -0.115. The highest BCUT2D eigenvalue weighted by Gasteiger charge is 2.17. The molecule has 0 spiro atoms. The van der Waals surface area contributed by atoms with Crippen LogP contribution in [0, 0.1) is 6.92 Å². The zero-order valence-electron chi connectivity index (χ0n) is 14.5. The van der Waals surface area contributed by atoms with Crippen molar-refractivity contribution in [2.45, 2.75) is 13.3 Å². The molecule has 26 heavy (non-hydrogen) atoms. The minimum atomic E-state index is -0.248. The van der Waals surface area contributed by atoms with E-state index in [2.05, 4.69) is 10.3 Å². The van der Waals surface area contributed by atoms with E-state index in [0.717, 1.165) is 4.88 Å². The molecule has 1 N–H and O–H groups in total. The first-order valence-electron chi connectivity index (χ1n) is 7.73. The molecule has 0 aliphatic rings. The lowest BCUT2D eigenvalue weighted by atomic mass is 10.2. The summed E-state index contributed by atoms with van der Waals surface area (Å²) >= 11 is 7.61. The summed E-state index contributed by atoms with van der Waals surface area (Å²) in [6.45, 7) is 1.79. The number of thiophene rings is 1. The highest BCUT2D eigenvalue weighted by atomic mass is 35.5. The molecule has 136 valence electrons. The van der Waals surface area contributed by atoms with E-state index in [-0.39, 0.29) is 12.3 Å². The molecule has 0 aliphatic carbocycles. The van der Waals surface area contributed by atoms with Gasteiger partial charge in [0.2, 0.25) is 11.8 Å². The number of carbonyl (C=O) groups is 1. The number of hydrogen-bond acceptors (Lipinski definition) is 6. The zero-order valence-corrected chi connectivity index (χ0v) is 16.0. The maximum absolute atomic E-state index is 12.5. The number of ether oxygens (including phenoxy) is 2. The summed E-state index contributed by atoms with van der Waals surface area (Å²) < 4.78 is 16.1. The number of nitrogens with one attached hydrogen (secondary N) is 1. The molecule has 0 saturated heterocycles. The first-order chi connectivity index (χ1) is 12.5. The van der Waals surface area contributed by atoms with E-state index in [9.17, 15) is 4.79 Å². The summed E-state index contributed by atoms with van der Waals surface area (Å²) in [4.78, 5) is 17.8. The molecule has 3 aromatic rings. The number of aromatic nitrogens is 1. The van der Waals surface area contributed by atoms with Gasteiger partial charge in [0.1, 0.15) is 17.3 Å². The van der Waals surface area contributed by atoms with Gasteiger partial charge in [0.25, 0.3) is 0 Å². The molecule has 6 nitrogen and oxygen atoms in total. The van der Waals surface area contributed by atoms with Crippen molar-refractivity contribution in [2.24, 2.45) is 0 Å². The van der Waals surface area contributed by atoms with E-state index < -0.39 is 0 Å². The van der Waals surface area contributed by atoms with E-state index in [1.54, 1.807) is 19.1 Å². The van der Waals surface area contributed by atoms with Crippen LogP contribution in [0.25, 0.3) is 10.8 Å². The van der Waals surface area contributed by atoms with Gasteiger partial charge in [0, 0.05) is 12.1 Å². The minimum Gasteiger partial charge on any atom is -0.495 e. The molecular weight excluding hydrogens is 376 g/mol. The number of oxazole rings is 1. The average Bonchev–Trinajstić information content (AvgIpc) is 3.26. The third-order valence-electron chi connectivity index (χ3n) is 3.70. The SMILES string of the molecule is COc1cc(NC(=O)Cc2nc(-c3cccs3)oc2C)c(OC)cc1Cl. The Morgan fingerprint density at radius 2 is 2.08 bits per heavy atom. The number of aryl methyl sites for hydroxylation is 1. The maximum Gasteiger partial charge on any atom is 0.236 e. The van der Waals surface area contributed by atoms with Crippen LogP contribution in [0.15, 0.2) is 34.1 Å². The smallest absolute Gasteiger partial charge is 0.236 e. The van der Waals surface area contributed by atoms with Crippen molar-refractivity contribution in [3.8, 4) is 22.3 Å². The Kier molecular flexibility index (Phi) is 5.49. The van der Waals surface area contributed by atoms with Gasteiger partial charge in [-0.1, -0.05) is 17.7 Å². The number of halogens is 1. The average molecular weight is 393 g/mol. The number of carbonyl (C=O) groups excluding carboxylic acids is 1. The Morgan fingerprint density at radius 3 is 2.73 bits per heavy atom. The highest BCUT2D eigenvalue weighted by Crippen LogP contribution is 2.36. The van der Waals surface area contributed by atoms with Gasteiger partial charge in [-0.15, -0.1) is 11.3 Å². The van der Waals surface area contributed by atoms with Gasteiger partial charge in [0.15, 0.2) is 0 Å². The van der Waals surface area contributed by atoms with Crippen LogP contribution in [0.4, 0.5) is 5.69 Å². The Bertz CT molecular complexity index is 922.